The van der Waals surface area contributed by atoms with Crippen LogP contribution in [0.1, 0.15) is 24.0 Å². The molecule has 2 heterocycles. The van der Waals surface area contributed by atoms with Gasteiger partial charge in [-0.2, -0.15) is 0 Å². The molecule has 0 N–H and O–H groups in total. The molecule has 2 aliphatic heterocycles. The molecule has 0 aromatic heterocycles. The maximum absolute atomic E-state index is 11.7. The minimum atomic E-state index is -3.06. The highest BCUT2D eigenvalue weighted by Gasteiger charge is 2.28. The number of hydrogen-bond acceptors (Lipinski definition) is 3. The third-order valence-corrected chi connectivity index (χ3v) is 6.38. The van der Waals surface area contributed by atoms with Gasteiger partial charge in [0, 0.05) is 37.7 Å². The molecule has 6 heteroatoms. The Labute approximate surface area is 138 Å². The lowest BCUT2D eigenvalue weighted by molar-refractivity contribution is 0.167. The van der Waals surface area contributed by atoms with Crippen molar-refractivity contribution in [2.75, 3.05) is 32.4 Å². The molecule has 0 saturated carbocycles. The van der Waals surface area contributed by atoms with Crippen LogP contribution in [0.15, 0.2) is 18.2 Å². The van der Waals surface area contributed by atoms with Crippen molar-refractivity contribution >= 4 is 21.6 Å². The van der Waals surface area contributed by atoms with E-state index in [1.807, 2.05) is 12.1 Å². The molecule has 4 nitrogen and oxygen atoms in total. The zero-order valence-electron chi connectivity index (χ0n) is 13.0. The van der Waals surface area contributed by atoms with Gasteiger partial charge in [0.25, 0.3) is 0 Å². The monoisotopic (exact) mass is 342 g/mol. The van der Waals surface area contributed by atoms with Gasteiger partial charge in [-0.05, 0) is 42.4 Å². The summed E-state index contributed by atoms with van der Waals surface area (Å²) in [7, 11) is -3.06. The molecule has 0 radical (unpaired) electrons. The van der Waals surface area contributed by atoms with Crippen LogP contribution in [-0.2, 0) is 23.0 Å². The summed E-state index contributed by atoms with van der Waals surface area (Å²) < 4.78 is 25.1. The first-order valence-electron chi connectivity index (χ1n) is 7.87. The van der Waals surface area contributed by atoms with Crippen molar-refractivity contribution in [3.63, 3.8) is 0 Å². The fraction of sp³-hybridized carbons (Fsp3) is 0.625. The summed E-state index contributed by atoms with van der Waals surface area (Å²) in [5.74, 6) is 0.434. The van der Waals surface area contributed by atoms with E-state index in [0.29, 0.717) is 19.0 Å². The molecule has 3 rings (SSSR count). The van der Waals surface area contributed by atoms with Gasteiger partial charge in [0.2, 0.25) is 10.0 Å². The van der Waals surface area contributed by atoms with Gasteiger partial charge in [0.1, 0.15) is 0 Å². The topological polar surface area (TPSA) is 40.6 Å². The van der Waals surface area contributed by atoms with Gasteiger partial charge >= 0.3 is 0 Å². The normalized spacial score (nSPS) is 24.2. The van der Waals surface area contributed by atoms with Gasteiger partial charge in [0.05, 0.1) is 6.26 Å². The molecule has 0 spiro atoms. The minimum absolute atomic E-state index is 0.434. The summed E-state index contributed by atoms with van der Waals surface area (Å²) in [4.78, 5) is 2.44. The molecule has 1 saturated heterocycles. The van der Waals surface area contributed by atoms with E-state index >= 15 is 0 Å². The Morgan fingerprint density at radius 1 is 1.32 bits per heavy atom. The Morgan fingerprint density at radius 2 is 2.14 bits per heavy atom. The van der Waals surface area contributed by atoms with Gasteiger partial charge in [-0.1, -0.05) is 23.7 Å². The van der Waals surface area contributed by atoms with E-state index in [2.05, 4.69) is 11.0 Å². The maximum atomic E-state index is 11.7. The Bertz CT molecular complexity index is 648. The van der Waals surface area contributed by atoms with E-state index in [1.54, 1.807) is 4.31 Å². The zero-order valence-corrected chi connectivity index (χ0v) is 14.5. The molecule has 1 fully saturated rings. The van der Waals surface area contributed by atoms with Crippen LogP contribution >= 0.6 is 11.6 Å². The van der Waals surface area contributed by atoms with Gasteiger partial charge in [-0.3, -0.25) is 4.90 Å². The van der Waals surface area contributed by atoms with Gasteiger partial charge in [-0.15, -0.1) is 0 Å². The predicted octanol–water partition coefficient (Wildman–Crippen LogP) is 2.37. The predicted molar refractivity (Wildman–Crippen MR) is 89.6 cm³/mol. The summed E-state index contributed by atoms with van der Waals surface area (Å²) in [5, 5.41) is 0.873. The summed E-state index contributed by atoms with van der Waals surface area (Å²) >= 11 is 6.26. The molecular formula is C16H23ClN2O2S. The molecule has 2 aliphatic rings. The van der Waals surface area contributed by atoms with Crippen LogP contribution in [0.5, 0.6) is 0 Å². The van der Waals surface area contributed by atoms with Crippen LogP contribution in [0.25, 0.3) is 0 Å². The van der Waals surface area contributed by atoms with Crippen LogP contribution in [0.4, 0.5) is 0 Å². The highest BCUT2D eigenvalue weighted by atomic mass is 35.5. The Balaban J connectivity index is 1.63. The number of nitrogens with zero attached hydrogens (tertiary/aromatic N) is 2. The molecule has 0 aliphatic carbocycles. The molecular weight excluding hydrogens is 320 g/mol. The molecule has 0 unspecified atom stereocenters. The van der Waals surface area contributed by atoms with E-state index in [9.17, 15) is 8.42 Å². The Morgan fingerprint density at radius 3 is 2.91 bits per heavy atom. The van der Waals surface area contributed by atoms with Crippen LogP contribution in [0.3, 0.4) is 0 Å². The number of fused-ring (bicyclic) bond motifs is 1. The number of rotatable bonds is 3. The second-order valence-electron chi connectivity index (χ2n) is 6.49. The largest absolute Gasteiger partial charge is 0.298 e. The van der Waals surface area contributed by atoms with E-state index in [0.717, 1.165) is 43.9 Å². The summed E-state index contributed by atoms with van der Waals surface area (Å²) in [6.07, 6.45) is 4.38. The maximum Gasteiger partial charge on any atom is 0.211 e. The van der Waals surface area contributed by atoms with Crippen molar-refractivity contribution in [1.29, 1.82) is 0 Å². The van der Waals surface area contributed by atoms with Gasteiger partial charge < -0.3 is 0 Å². The first-order chi connectivity index (χ1) is 10.4. The third-order valence-electron chi connectivity index (χ3n) is 4.75. The molecule has 1 atom stereocenters. The van der Waals surface area contributed by atoms with Gasteiger partial charge in [-0.25, -0.2) is 12.7 Å². The average Bonchev–Trinajstić information content (AvgIpc) is 2.47. The quantitative estimate of drug-likeness (QED) is 0.846. The molecule has 0 amide bonds. The second kappa shape index (κ2) is 6.48. The molecule has 122 valence electrons. The van der Waals surface area contributed by atoms with Crippen molar-refractivity contribution in [1.82, 2.24) is 9.21 Å². The van der Waals surface area contributed by atoms with E-state index in [1.165, 1.54) is 17.4 Å². The molecule has 1 aromatic rings. The Kier molecular flexibility index (Phi) is 4.78. The lowest BCUT2D eigenvalue weighted by Gasteiger charge is -2.36. The SMILES string of the molecule is CS(=O)(=O)N1CCC[C@H](CN2CCc3c(Cl)cccc3C2)C1. The van der Waals surface area contributed by atoms with E-state index < -0.39 is 10.0 Å². The number of benzene rings is 1. The highest BCUT2D eigenvalue weighted by Crippen LogP contribution is 2.27. The summed E-state index contributed by atoms with van der Waals surface area (Å²) in [5.41, 5.74) is 2.59. The zero-order chi connectivity index (χ0) is 15.7. The number of halogens is 1. The second-order valence-corrected chi connectivity index (χ2v) is 8.88. The van der Waals surface area contributed by atoms with Crippen LogP contribution in [0, 0.1) is 5.92 Å². The Hall–Kier alpha value is -0.620. The highest BCUT2D eigenvalue weighted by molar-refractivity contribution is 7.88. The number of piperidine rings is 1. The summed E-state index contributed by atoms with van der Waals surface area (Å²) in [6.45, 7) is 4.24. The number of sulfonamides is 1. The molecule has 0 bridgehead atoms. The third kappa shape index (κ3) is 3.65. The van der Waals surface area contributed by atoms with Crippen LogP contribution < -0.4 is 0 Å². The van der Waals surface area contributed by atoms with Crippen molar-refractivity contribution in [2.45, 2.75) is 25.8 Å². The van der Waals surface area contributed by atoms with Crippen molar-refractivity contribution in [2.24, 2.45) is 5.92 Å². The van der Waals surface area contributed by atoms with E-state index in [4.69, 9.17) is 11.6 Å². The average molecular weight is 343 g/mol. The number of hydrogen-bond donors (Lipinski definition) is 0. The van der Waals surface area contributed by atoms with Crippen molar-refractivity contribution in [3.8, 4) is 0 Å². The standard InChI is InChI=1S/C16H23ClN2O2S/c1-22(20,21)19-8-3-4-13(11-19)10-18-9-7-15-14(12-18)5-2-6-16(15)17/h2,5-6,13H,3-4,7-12H2,1H3/t13-/m1/s1. The van der Waals surface area contributed by atoms with Crippen molar-refractivity contribution < 1.29 is 8.42 Å². The fourth-order valence-corrected chi connectivity index (χ4v) is 4.85. The smallest absolute Gasteiger partial charge is 0.211 e. The van der Waals surface area contributed by atoms with Crippen LogP contribution in [-0.4, -0.2) is 50.1 Å². The fourth-order valence-electron chi connectivity index (χ4n) is 3.62. The van der Waals surface area contributed by atoms with Crippen LogP contribution in [0.2, 0.25) is 5.02 Å². The molecule has 22 heavy (non-hydrogen) atoms. The lowest BCUT2D eigenvalue weighted by Crippen LogP contribution is -2.44. The van der Waals surface area contributed by atoms with Gasteiger partial charge in [0.15, 0.2) is 0 Å². The first kappa shape index (κ1) is 16.2. The summed E-state index contributed by atoms with van der Waals surface area (Å²) in [6, 6.07) is 6.12. The lowest BCUT2D eigenvalue weighted by atomic mass is 9.95. The molecule has 1 aromatic carbocycles. The minimum Gasteiger partial charge on any atom is -0.298 e. The first-order valence-corrected chi connectivity index (χ1v) is 10.1. The van der Waals surface area contributed by atoms with E-state index in [-0.39, 0.29) is 0 Å². The van der Waals surface area contributed by atoms with Crippen molar-refractivity contribution in [3.05, 3.63) is 34.3 Å².